The summed E-state index contributed by atoms with van der Waals surface area (Å²) in [6, 6.07) is 60.3. The molecule has 15 aromatic rings. The number of rotatable bonds is 22. The van der Waals surface area contributed by atoms with Crippen molar-refractivity contribution in [2.45, 2.75) is 40.7 Å². The first-order chi connectivity index (χ1) is 59.9. The largest absolute Gasteiger partial charge is 0.491 e. The van der Waals surface area contributed by atoms with Gasteiger partial charge in [-0.25, -0.2) is 47.5 Å². The van der Waals surface area contributed by atoms with Gasteiger partial charge in [-0.05, 0) is 138 Å². The molecule has 0 saturated carbocycles. The summed E-state index contributed by atoms with van der Waals surface area (Å²) < 4.78 is 87.9. The Labute approximate surface area is 713 Å². The molecule has 0 aliphatic rings. The molecule has 0 unspecified atom stereocenters. The fourth-order valence-corrected chi connectivity index (χ4v) is 11.1. The van der Waals surface area contributed by atoms with Crippen LogP contribution in [0, 0.1) is 56.4 Å². The predicted octanol–water partition coefficient (Wildman–Crippen LogP) is 21.1. The molecule has 5 N–H and O–H groups in total. The Morgan fingerprint density at radius 2 is 0.677 bits per heavy atom. The first-order valence-corrected chi connectivity index (χ1v) is 37.7. The zero-order chi connectivity index (χ0) is 87.7. The lowest BCUT2D eigenvalue weighted by atomic mass is 10.1. The topological polar surface area (TPSA) is 317 Å². The van der Waals surface area contributed by atoms with Gasteiger partial charge in [0, 0.05) is 135 Å². The molecule has 0 radical (unpaired) electrons. The number of carbonyl (C=O) groups excluding carboxylic acids is 5. The second-order valence-corrected chi connectivity index (χ2v) is 27.1. The van der Waals surface area contributed by atoms with Crippen LogP contribution in [0.5, 0.6) is 63.2 Å². The number of nitrogens with one attached hydrogen (secondary N) is 5. The quantitative estimate of drug-likeness (QED) is 0.0311. The summed E-state index contributed by atoms with van der Waals surface area (Å²) in [4.78, 5) is 96.2. The maximum Gasteiger partial charge on any atom is 0.274 e. The molecule has 0 bridgehead atoms. The van der Waals surface area contributed by atoms with Gasteiger partial charge in [0.15, 0.2) is 17.2 Å². The summed E-state index contributed by atoms with van der Waals surface area (Å²) in [5.41, 5.74) is 7.82. The van der Waals surface area contributed by atoms with Crippen molar-refractivity contribution in [3.8, 4) is 75.6 Å². The van der Waals surface area contributed by atoms with Crippen LogP contribution >= 0.6 is 11.6 Å². The summed E-state index contributed by atoms with van der Waals surface area (Å²) in [5.74, 6) is 2.88. The maximum atomic E-state index is 13.9. The molecule has 0 aliphatic heterocycles. The average molecular weight is 1690 g/mol. The van der Waals surface area contributed by atoms with E-state index in [1.54, 1.807) is 121 Å². The standard InChI is InChI=1S/C19H15ClN2O2.C19H17FN4O3.C19H12FN3O2.C19H15FN2O2.C18H14FN3O2/c1-13-4-2-5-14(8-13)19(23)22-16-6-3-7-17(10-16)24-18-9-15(20)11-21-12-18;1-12(2)26-15-3-4-23-18(8-15)19(25)24-14-5-13(20)6-16(7-14)27-17-9-21-11-22-10-17;1-2-13-4-3-5-14(6-13)19(24)23-16-7-15(20)8-17(9-16)25-18-10-21-12-22-11-18;1-13-4-2-5-14(8-13)19(23)22-16-6-3-7-17(10-16)24-18-9-15(20)11-21-12-18;1-12-3-2-4-13(5-12)18(23)22-15-6-14(19)7-16(8-15)24-17-9-20-11-21-10-17/h2-12H,1H3,(H,22,23);3-12H,1-2H3,(H,24,25);1,3-12H,(H,23,24);2-12H,1H3,(H,22,23);2-11H,1H3,(H,22,23). The van der Waals surface area contributed by atoms with Crippen LogP contribution in [0.2, 0.25) is 5.02 Å². The van der Waals surface area contributed by atoms with Gasteiger partial charge in [0.1, 0.15) is 93.9 Å². The van der Waals surface area contributed by atoms with E-state index in [9.17, 15) is 41.5 Å². The first kappa shape index (κ1) is 88.2. The van der Waals surface area contributed by atoms with Crippen LogP contribution in [0.4, 0.5) is 46.0 Å². The molecular formula is C94H73ClF4N14O11. The fourth-order valence-electron chi connectivity index (χ4n) is 10.9. The highest BCUT2D eigenvalue weighted by Crippen LogP contribution is 2.32. The van der Waals surface area contributed by atoms with E-state index in [0.717, 1.165) is 22.9 Å². The maximum absolute atomic E-state index is 13.9. The monoisotopic (exact) mass is 1680 g/mol. The summed E-state index contributed by atoms with van der Waals surface area (Å²) in [6.45, 7) is 9.54. The second kappa shape index (κ2) is 44.3. The van der Waals surface area contributed by atoms with Gasteiger partial charge in [-0.15, -0.1) is 6.42 Å². The summed E-state index contributed by atoms with van der Waals surface area (Å²) >= 11 is 5.89. The van der Waals surface area contributed by atoms with E-state index >= 15 is 0 Å². The number of nitrogens with zero attached hydrogens (tertiary/aromatic N) is 9. The number of terminal acetylenes is 1. The second-order valence-electron chi connectivity index (χ2n) is 26.6. The first-order valence-electron chi connectivity index (χ1n) is 37.4. The molecule has 124 heavy (non-hydrogen) atoms. The number of benzene rings is 9. The molecule has 0 aliphatic carbocycles. The van der Waals surface area contributed by atoms with Crippen molar-refractivity contribution in [1.29, 1.82) is 0 Å². The fraction of sp³-hybridized carbons (Fsp3) is 0.0638. The van der Waals surface area contributed by atoms with Crippen molar-refractivity contribution in [3.63, 3.8) is 0 Å². The number of aromatic nitrogens is 9. The Morgan fingerprint density at radius 3 is 1.07 bits per heavy atom. The van der Waals surface area contributed by atoms with Gasteiger partial charge in [-0.2, -0.15) is 0 Å². The highest BCUT2D eigenvalue weighted by Gasteiger charge is 2.17. The van der Waals surface area contributed by atoms with Crippen molar-refractivity contribution in [2.75, 3.05) is 26.6 Å². The summed E-state index contributed by atoms with van der Waals surface area (Å²) in [5, 5.41) is 14.1. The van der Waals surface area contributed by atoms with E-state index in [2.05, 4.69) is 77.4 Å². The third kappa shape index (κ3) is 28.9. The van der Waals surface area contributed by atoms with E-state index in [1.165, 1.54) is 141 Å². The molecule has 0 fully saturated rings. The minimum absolute atomic E-state index is 0.0341. The van der Waals surface area contributed by atoms with E-state index in [-0.39, 0.29) is 63.9 Å². The highest BCUT2D eigenvalue weighted by atomic mass is 35.5. The number of carbonyl (C=O) groups is 5. The third-order valence-electron chi connectivity index (χ3n) is 16.2. The molecule has 6 aromatic heterocycles. The molecule has 25 nitrogen and oxygen atoms in total. The predicted molar refractivity (Wildman–Crippen MR) is 460 cm³/mol. The van der Waals surface area contributed by atoms with Gasteiger partial charge in [0.25, 0.3) is 29.5 Å². The summed E-state index contributed by atoms with van der Waals surface area (Å²) in [6.07, 6.45) is 25.2. The minimum Gasteiger partial charge on any atom is -0.491 e. The van der Waals surface area contributed by atoms with Crippen molar-refractivity contribution in [3.05, 3.63) is 390 Å². The van der Waals surface area contributed by atoms with Crippen LogP contribution in [0.1, 0.15) is 88.0 Å². The third-order valence-corrected chi connectivity index (χ3v) is 16.4. The lowest BCUT2D eigenvalue weighted by Crippen LogP contribution is -2.14. The highest BCUT2D eigenvalue weighted by molar-refractivity contribution is 6.30. The summed E-state index contributed by atoms with van der Waals surface area (Å²) in [7, 11) is 0. The number of amides is 5. The zero-order valence-corrected chi connectivity index (χ0v) is 67.3. The molecular weight excluding hydrogens is 1610 g/mol. The van der Waals surface area contributed by atoms with Crippen LogP contribution in [0.25, 0.3) is 0 Å². The molecule has 30 heteroatoms. The van der Waals surface area contributed by atoms with E-state index in [4.69, 9.17) is 46.4 Å². The molecule has 620 valence electrons. The number of hydrogen-bond donors (Lipinski definition) is 5. The Bertz CT molecular complexity index is 6120. The minimum atomic E-state index is -0.565. The Kier molecular flexibility index (Phi) is 31.5. The van der Waals surface area contributed by atoms with E-state index < -0.39 is 35.1 Å². The van der Waals surface area contributed by atoms with Crippen LogP contribution < -0.4 is 55.0 Å². The van der Waals surface area contributed by atoms with Crippen molar-refractivity contribution in [2.24, 2.45) is 0 Å². The number of aryl methyl sites for hydroxylation is 3. The lowest BCUT2D eigenvalue weighted by Gasteiger charge is -2.11. The Morgan fingerprint density at radius 1 is 0.331 bits per heavy atom. The van der Waals surface area contributed by atoms with Gasteiger partial charge in [0.05, 0.1) is 66.9 Å². The molecule has 6 heterocycles. The molecule has 5 amide bonds. The van der Waals surface area contributed by atoms with Crippen LogP contribution in [-0.4, -0.2) is 80.5 Å². The van der Waals surface area contributed by atoms with Crippen molar-refractivity contribution < 1.29 is 70.0 Å². The SMILES string of the molecule is C#Cc1cccc(C(=O)Nc2cc(F)cc(Oc3cncnc3)c2)c1.CC(C)Oc1ccnc(C(=O)Nc2cc(F)cc(Oc3cncnc3)c2)c1.Cc1cccc(C(=O)Nc2cc(F)cc(Oc3cncnc3)c2)c1.Cc1cccc(C(=O)Nc2cccc(Oc3cncc(Cl)c3)c2)c1.Cc1cccc(C(=O)Nc2cccc(Oc3cncc(F)c3)c2)c1. The number of ether oxygens (including phenoxy) is 6. The smallest absolute Gasteiger partial charge is 0.274 e. The van der Waals surface area contributed by atoms with Crippen molar-refractivity contribution >= 4 is 69.6 Å². The van der Waals surface area contributed by atoms with Gasteiger partial charge < -0.3 is 55.0 Å². The number of hydrogen-bond acceptors (Lipinski definition) is 20. The lowest BCUT2D eigenvalue weighted by molar-refractivity contribution is 0.101. The van der Waals surface area contributed by atoms with Crippen LogP contribution in [-0.2, 0) is 0 Å². The zero-order valence-electron chi connectivity index (χ0n) is 66.5. The Hall–Kier alpha value is -16.6. The normalized spacial score (nSPS) is 10.2. The number of anilines is 5. The van der Waals surface area contributed by atoms with Gasteiger partial charge in [0.2, 0.25) is 0 Å². The van der Waals surface area contributed by atoms with Gasteiger partial charge in [-0.1, -0.05) is 88.8 Å². The number of pyridine rings is 3. The van der Waals surface area contributed by atoms with E-state index in [0.29, 0.717) is 90.1 Å². The van der Waals surface area contributed by atoms with Gasteiger partial charge >= 0.3 is 0 Å². The molecule has 0 saturated heterocycles. The number of halogens is 5. The molecule has 0 spiro atoms. The Balaban J connectivity index is 0.000000151. The van der Waals surface area contributed by atoms with Crippen LogP contribution in [0.15, 0.2) is 312 Å². The molecule has 15 rings (SSSR count). The molecule has 9 aromatic carbocycles. The average Bonchev–Trinajstić information content (AvgIpc) is 0.846. The van der Waals surface area contributed by atoms with E-state index in [1.807, 2.05) is 77.1 Å². The van der Waals surface area contributed by atoms with Gasteiger partial charge in [-0.3, -0.25) is 38.9 Å². The van der Waals surface area contributed by atoms with Crippen LogP contribution in [0.3, 0.4) is 0 Å². The molecule has 0 atom stereocenters. The van der Waals surface area contributed by atoms with Crippen molar-refractivity contribution in [1.82, 2.24) is 44.9 Å².